The average Bonchev–Trinajstić information content (AvgIpc) is 3.41. The van der Waals surface area contributed by atoms with Crippen LogP contribution in [0, 0.1) is 5.82 Å². The smallest absolute Gasteiger partial charge is 0.262 e. The van der Waals surface area contributed by atoms with Crippen LogP contribution < -0.4 is 9.64 Å². The summed E-state index contributed by atoms with van der Waals surface area (Å²) in [6.07, 6.45) is 6.42. The lowest BCUT2D eigenvalue weighted by atomic mass is 10.2. The van der Waals surface area contributed by atoms with Gasteiger partial charge in [0.1, 0.15) is 18.2 Å². The summed E-state index contributed by atoms with van der Waals surface area (Å²) in [7, 11) is 1.64. The Morgan fingerprint density at radius 1 is 1.10 bits per heavy atom. The first-order valence-electron chi connectivity index (χ1n) is 9.86. The fourth-order valence-corrected chi connectivity index (χ4v) is 3.47. The van der Waals surface area contributed by atoms with E-state index in [-0.39, 0.29) is 5.56 Å². The first-order valence-corrected chi connectivity index (χ1v) is 9.86. The summed E-state index contributed by atoms with van der Waals surface area (Å²) in [5.74, 6) is 0.271. The minimum atomic E-state index is -0.546. The number of anilines is 1. The van der Waals surface area contributed by atoms with Crippen LogP contribution in [0.5, 0.6) is 5.75 Å². The van der Waals surface area contributed by atoms with Gasteiger partial charge in [0.2, 0.25) is 0 Å². The molecule has 30 heavy (non-hydrogen) atoms. The van der Waals surface area contributed by atoms with Gasteiger partial charge in [-0.1, -0.05) is 19.1 Å². The molecule has 1 aromatic carbocycles. The number of imidazole rings is 1. The summed E-state index contributed by atoms with van der Waals surface area (Å²) in [4.78, 5) is 19.1. The number of ether oxygens (including phenoxy) is 1. The first-order chi connectivity index (χ1) is 14.6. The molecule has 0 aliphatic carbocycles. The molecule has 0 fully saturated rings. The molecule has 154 valence electrons. The van der Waals surface area contributed by atoms with Crippen molar-refractivity contribution in [1.82, 2.24) is 14.0 Å². The number of rotatable bonds is 7. The summed E-state index contributed by atoms with van der Waals surface area (Å²) in [5.41, 5.74) is 1.39. The SMILES string of the molecule is CCc1nc2c(OCCn3cccc3)cccn2c1N(C)C(=O)c1ccccc1F. The van der Waals surface area contributed by atoms with Crippen molar-refractivity contribution in [2.75, 3.05) is 18.6 Å². The van der Waals surface area contributed by atoms with Crippen LogP contribution in [0.3, 0.4) is 0 Å². The topological polar surface area (TPSA) is 51.8 Å². The van der Waals surface area contributed by atoms with Gasteiger partial charge in [-0.3, -0.25) is 14.1 Å². The van der Waals surface area contributed by atoms with E-state index >= 15 is 0 Å². The van der Waals surface area contributed by atoms with Crippen molar-refractivity contribution in [3.8, 4) is 5.75 Å². The molecule has 4 rings (SSSR count). The van der Waals surface area contributed by atoms with E-state index < -0.39 is 11.7 Å². The van der Waals surface area contributed by atoms with Gasteiger partial charge >= 0.3 is 0 Å². The minimum Gasteiger partial charge on any atom is -0.488 e. The van der Waals surface area contributed by atoms with Crippen molar-refractivity contribution < 1.29 is 13.9 Å². The van der Waals surface area contributed by atoms with Crippen molar-refractivity contribution in [3.05, 3.63) is 84.2 Å². The molecule has 0 spiro atoms. The number of pyridine rings is 1. The van der Waals surface area contributed by atoms with E-state index in [0.717, 1.165) is 5.69 Å². The Labute approximate surface area is 174 Å². The third-order valence-corrected chi connectivity index (χ3v) is 4.99. The minimum absolute atomic E-state index is 0.0242. The largest absolute Gasteiger partial charge is 0.488 e. The van der Waals surface area contributed by atoms with Gasteiger partial charge in [0.15, 0.2) is 11.4 Å². The number of hydrogen-bond acceptors (Lipinski definition) is 3. The molecule has 0 unspecified atom stereocenters. The molecule has 0 saturated heterocycles. The van der Waals surface area contributed by atoms with Crippen molar-refractivity contribution in [2.45, 2.75) is 19.9 Å². The summed E-state index contributed by atoms with van der Waals surface area (Å²) < 4.78 is 24.0. The standard InChI is InChI=1S/C23H23FN4O2/c1-3-19-22(26(2)23(29)17-9-4-5-10-18(17)24)28-14-8-11-20(21(28)25-19)30-16-15-27-12-6-7-13-27/h4-14H,3,15-16H2,1-2H3. The molecule has 0 radical (unpaired) electrons. The Balaban J connectivity index is 1.66. The van der Waals surface area contributed by atoms with E-state index in [0.29, 0.717) is 36.8 Å². The summed E-state index contributed by atoms with van der Waals surface area (Å²) in [6, 6.07) is 13.6. The Kier molecular flexibility index (Phi) is 5.52. The van der Waals surface area contributed by atoms with Gasteiger partial charge in [-0.2, -0.15) is 0 Å². The number of aromatic nitrogens is 3. The molecule has 1 amide bonds. The van der Waals surface area contributed by atoms with E-state index in [9.17, 15) is 9.18 Å². The van der Waals surface area contributed by atoms with Gasteiger partial charge in [-0.15, -0.1) is 0 Å². The maximum absolute atomic E-state index is 14.2. The predicted molar refractivity (Wildman–Crippen MR) is 114 cm³/mol. The zero-order valence-corrected chi connectivity index (χ0v) is 17.0. The number of fused-ring (bicyclic) bond motifs is 1. The lowest BCUT2D eigenvalue weighted by Crippen LogP contribution is -2.29. The van der Waals surface area contributed by atoms with Crippen LogP contribution in [0.15, 0.2) is 67.1 Å². The maximum Gasteiger partial charge on any atom is 0.262 e. The normalized spacial score (nSPS) is 11.0. The van der Waals surface area contributed by atoms with E-state index in [1.54, 1.807) is 19.2 Å². The fourth-order valence-electron chi connectivity index (χ4n) is 3.47. The van der Waals surface area contributed by atoms with Crippen LogP contribution >= 0.6 is 0 Å². The highest BCUT2D eigenvalue weighted by atomic mass is 19.1. The quantitative estimate of drug-likeness (QED) is 0.462. The van der Waals surface area contributed by atoms with Gasteiger partial charge in [0.25, 0.3) is 5.91 Å². The second-order valence-corrected chi connectivity index (χ2v) is 6.92. The molecule has 0 N–H and O–H groups in total. The number of hydrogen-bond donors (Lipinski definition) is 0. The van der Waals surface area contributed by atoms with E-state index in [1.165, 1.54) is 17.0 Å². The maximum atomic E-state index is 14.2. The van der Waals surface area contributed by atoms with Crippen LogP contribution in [-0.4, -0.2) is 33.5 Å². The van der Waals surface area contributed by atoms with Gasteiger partial charge in [-0.05, 0) is 42.8 Å². The molecule has 0 aliphatic heterocycles. The molecular formula is C23H23FN4O2. The molecule has 3 heterocycles. The molecule has 0 bridgehead atoms. The molecule has 4 aromatic rings. The van der Waals surface area contributed by atoms with Crippen molar-refractivity contribution in [1.29, 1.82) is 0 Å². The monoisotopic (exact) mass is 406 g/mol. The first kappa shape index (κ1) is 19.7. The van der Waals surface area contributed by atoms with Gasteiger partial charge in [-0.25, -0.2) is 9.37 Å². The Morgan fingerprint density at radius 2 is 1.87 bits per heavy atom. The number of nitrogens with zero attached hydrogens (tertiary/aromatic N) is 4. The number of carbonyl (C=O) groups excluding carboxylic acids is 1. The number of benzene rings is 1. The summed E-state index contributed by atoms with van der Waals surface area (Å²) in [6.45, 7) is 3.18. The second kappa shape index (κ2) is 8.41. The molecule has 0 saturated carbocycles. The van der Waals surface area contributed by atoms with Crippen molar-refractivity contribution in [2.24, 2.45) is 0 Å². The molecule has 7 heteroatoms. The van der Waals surface area contributed by atoms with Crippen LogP contribution in [0.25, 0.3) is 5.65 Å². The number of amides is 1. The Morgan fingerprint density at radius 3 is 2.60 bits per heavy atom. The second-order valence-electron chi connectivity index (χ2n) is 6.92. The average molecular weight is 406 g/mol. The van der Waals surface area contributed by atoms with Gasteiger partial charge in [0, 0.05) is 25.6 Å². The Hall–Kier alpha value is -3.61. The van der Waals surface area contributed by atoms with E-state index in [4.69, 9.17) is 9.72 Å². The van der Waals surface area contributed by atoms with Crippen LogP contribution in [0.4, 0.5) is 10.2 Å². The van der Waals surface area contributed by atoms with E-state index in [1.807, 2.05) is 58.7 Å². The lowest BCUT2D eigenvalue weighted by molar-refractivity contribution is 0.0988. The van der Waals surface area contributed by atoms with Crippen LogP contribution in [0.1, 0.15) is 23.0 Å². The third kappa shape index (κ3) is 3.66. The van der Waals surface area contributed by atoms with Crippen molar-refractivity contribution in [3.63, 3.8) is 0 Å². The fraction of sp³-hybridized carbons (Fsp3) is 0.217. The van der Waals surface area contributed by atoms with Gasteiger partial charge < -0.3 is 9.30 Å². The molecule has 0 aliphatic rings. The highest BCUT2D eigenvalue weighted by molar-refractivity contribution is 6.06. The highest BCUT2D eigenvalue weighted by Crippen LogP contribution is 2.29. The van der Waals surface area contributed by atoms with Gasteiger partial charge in [0.05, 0.1) is 17.8 Å². The predicted octanol–water partition coefficient (Wildman–Crippen LogP) is 4.19. The number of aryl methyl sites for hydroxylation is 1. The number of halogens is 1. The highest BCUT2D eigenvalue weighted by Gasteiger charge is 2.24. The molecule has 0 atom stereocenters. The van der Waals surface area contributed by atoms with E-state index in [2.05, 4.69) is 0 Å². The van der Waals surface area contributed by atoms with Crippen LogP contribution in [-0.2, 0) is 13.0 Å². The molecule has 3 aromatic heterocycles. The lowest BCUT2D eigenvalue weighted by Gasteiger charge is -2.19. The zero-order valence-electron chi connectivity index (χ0n) is 17.0. The summed E-state index contributed by atoms with van der Waals surface area (Å²) >= 11 is 0. The Bertz CT molecular complexity index is 1170. The summed E-state index contributed by atoms with van der Waals surface area (Å²) in [5, 5.41) is 0. The van der Waals surface area contributed by atoms with Crippen molar-refractivity contribution >= 4 is 17.4 Å². The van der Waals surface area contributed by atoms with Crippen LogP contribution in [0.2, 0.25) is 0 Å². The molecule has 6 nitrogen and oxygen atoms in total. The molecular weight excluding hydrogens is 383 g/mol. The number of carbonyl (C=O) groups is 1. The third-order valence-electron chi connectivity index (χ3n) is 4.99. The zero-order chi connectivity index (χ0) is 21.1.